The lowest BCUT2D eigenvalue weighted by Gasteiger charge is -2.30. The first-order chi connectivity index (χ1) is 14.4. The van der Waals surface area contributed by atoms with Gasteiger partial charge in [0, 0.05) is 11.1 Å². The summed E-state index contributed by atoms with van der Waals surface area (Å²) in [6, 6.07) is 19.2. The zero-order chi connectivity index (χ0) is 21.7. The number of hydrogen-bond acceptors (Lipinski definition) is 6. The van der Waals surface area contributed by atoms with Crippen molar-refractivity contribution < 1.29 is 9.59 Å². The van der Waals surface area contributed by atoms with Crippen molar-refractivity contribution in [1.82, 2.24) is 15.8 Å². The second kappa shape index (κ2) is 8.81. The van der Waals surface area contributed by atoms with Gasteiger partial charge in [0.05, 0.1) is 5.70 Å². The van der Waals surface area contributed by atoms with Crippen molar-refractivity contribution in [2.45, 2.75) is 0 Å². The molecule has 5 N–H and O–H groups in total. The van der Waals surface area contributed by atoms with Crippen LogP contribution in [0.25, 0.3) is 6.08 Å². The first-order valence-electron chi connectivity index (χ1n) is 8.69. The molecular formula is C21H16N6O2S. The molecule has 2 aromatic rings. The smallest absolute Gasteiger partial charge is 0.291 e. The Balaban J connectivity index is 1.86. The van der Waals surface area contributed by atoms with Crippen LogP contribution in [0.15, 0.2) is 77.5 Å². The molecule has 9 heteroatoms. The van der Waals surface area contributed by atoms with Gasteiger partial charge in [0.25, 0.3) is 11.8 Å². The van der Waals surface area contributed by atoms with Gasteiger partial charge in [-0.3, -0.25) is 25.7 Å². The number of amidine groups is 1. The van der Waals surface area contributed by atoms with Crippen molar-refractivity contribution in [3.05, 3.63) is 88.6 Å². The SMILES string of the molecule is N#CC1=C(N)/C(=C/c2ccccc2)C(=N)N(NC(=S)NC(=O)c2ccccc2)C1=O. The predicted octanol–water partition coefficient (Wildman–Crippen LogP) is 1.85. The second-order valence-corrected chi connectivity index (χ2v) is 6.53. The Morgan fingerprint density at radius 3 is 2.33 bits per heavy atom. The number of amides is 2. The van der Waals surface area contributed by atoms with Crippen molar-refractivity contribution in [3.63, 3.8) is 0 Å². The Bertz CT molecular complexity index is 1130. The molecule has 0 saturated carbocycles. The van der Waals surface area contributed by atoms with Crippen molar-refractivity contribution in [3.8, 4) is 6.07 Å². The number of carbonyl (C=O) groups is 2. The number of hydrazine groups is 1. The van der Waals surface area contributed by atoms with Crippen LogP contribution >= 0.6 is 12.2 Å². The van der Waals surface area contributed by atoms with E-state index in [1.807, 2.05) is 6.07 Å². The van der Waals surface area contributed by atoms with E-state index in [1.165, 1.54) is 0 Å². The number of carbonyl (C=O) groups excluding carboxylic acids is 2. The molecule has 0 spiro atoms. The zero-order valence-corrected chi connectivity index (χ0v) is 16.4. The monoisotopic (exact) mass is 416 g/mol. The van der Waals surface area contributed by atoms with Gasteiger partial charge in [-0.25, -0.2) is 0 Å². The molecule has 0 radical (unpaired) electrons. The molecule has 0 fully saturated rings. The Hall–Kier alpha value is -4.29. The molecule has 8 nitrogen and oxygen atoms in total. The van der Waals surface area contributed by atoms with E-state index in [4.69, 9.17) is 23.4 Å². The lowest BCUT2D eigenvalue weighted by molar-refractivity contribution is -0.124. The Labute approximate surface area is 177 Å². The van der Waals surface area contributed by atoms with Gasteiger partial charge in [-0.2, -0.15) is 10.3 Å². The van der Waals surface area contributed by atoms with E-state index in [2.05, 4.69) is 10.7 Å². The Morgan fingerprint density at radius 2 is 1.73 bits per heavy atom. The second-order valence-electron chi connectivity index (χ2n) is 6.12. The fourth-order valence-corrected chi connectivity index (χ4v) is 2.87. The third-order valence-electron chi connectivity index (χ3n) is 4.15. The van der Waals surface area contributed by atoms with Crippen LogP contribution in [0.4, 0.5) is 0 Å². The first-order valence-corrected chi connectivity index (χ1v) is 9.10. The molecule has 0 unspecified atom stereocenters. The van der Waals surface area contributed by atoms with Crippen LogP contribution < -0.4 is 16.5 Å². The lowest BCUT2D eigenvalue weighted by Crippen LogP contribution is -2.56. The number of rotatable bonds is 3. The summed E-state index contributed by atoms with van der Waals surface area (Å²) in [7, 11) is 0. The molecule has 0 saturated heterocycles. The quantitative estimate of drug-likeness (QED) is 0.564. The average molecular weight is 416 g/mol. The Morgan fingerprint density at radius 1 is 1.13 bits per heavy atom. The number of nitrogens with two attached hydrogens (primary N) is 1. The number of hydrogen-bond donors (Lipinski definition) is 4. The van der Waals surface area contributed by atoms with Gasteiger partial charge in [0.2, 0.25) is 0 Å². The summed E-state index contributed by atoms with van der Waals surface area (Å²) in [5, 5.41) is 20.8. The zero-order valence-electron chi connectivity index (χ0n) is 15.5. The highest BCUT2D eigenvalue weighted by Gasteiger charge is 2.34. The molecule has 148 valence electrons. The lowest BCUT2D eigenvalue weighted by atomic mass is 9.99. The topological polar surface area (TPSA) is 135 Å². The van der Waals surface area contributed by atoms with E-state index in [0.717, 1.165) is 10.6 Å². The van der Waals surface area contributed by atoms with Crippen LogP contribution in [0, 0.1) is 16.7 Å². The van der Waals surface area contributed by atoms with Gasteiger partial charge in [-0.1, -0.05) is 48.5 Å². The van der Waals surface area contributed by atoms with Crippen LogP contribution in [0.3, 0.4) is 0 Å². The molecule has 3 rings (SSSR count). The van der Waals surface area contributed by atoms with Gasteiger partial charge >= 0.3 is 0 Å². The molecule has 0 aromatic heterocycles. The highest BCUT2D eigenvalue weighted by molar-refractivity contribution is 7.80. The van der Waals surface area contributed by atoms with Crippen molar-refractivity contribution in [2.24, 2.45) is 5.73 Å². The van der Waals surface area contributed by atoms with Gasteiger partial charge in [-0.05, 0) is 36.0 Å². The Kier molecular flexibility index (Phi) is 6.00. The largest absolute Gasteiger partial charge is 0.397 e. The number of thiocarbonyl (C=S) groups is 1. The van der Waals surface area contributed by atoms with E-state index in [-0.39, 0.29) is 27.8 Å². The van der Waals surface area contributed by atoms with Crippen molar-refractivity contribution >= 4 is 41.1 Å². The summed E-state index contributed by atoms with van der Waals surface area (Å²) in [4.78, 5) is 24.9. The maximum atomic E-state index is 12.6. The van der Waals surface area contributed by atoms with Crippen LogP contribution in [-0.4, -0.2) is 27.8 Å². The minimum absolute atomic E-state index is 0.103. The minimum atomic E-state index is -0.846. The van der Waals surface area contributed by atoms with Crippen LogP contribution in [0.1, 0.15) is 15.9 Å². The maximum Gasteiger partial charge on any atom is 0.291 e. The molecule has 0 aliphatic carbocycles. The van der Waals surface area contributed by atoms with Crippen LogP contribution in [-0.2, 0) is 4.79 Å². The highest BCUT2D eigenvalue weighted by atomic mass is 32.1. The molecular weight excluding hydrogens is 400 g/mol. The summed E-state index contributed by atoms with van der Waals surface area (Å²) in [6.07, 6.45) is 1.59. The molecule has 0 bridgehead atoms. The summed E-state index contributed by atoms with van der Waals surface area (Å²) >= 11 is 5.11. The van der Waals surface area contributed by atoms with Crippen molar-refractivity contribution in [1.29, 1.82) is 10.7 Å². The molecule has 1 heterocycles. The molecule has 1 aliphatic rings. The minimum Gasteiger partial charge on any atom is -0.397 e. The summed E-state index contributed by atoms with van der Waals surface area (Å²) in [5.41, 5.74) is 9.31. The van der Waals surface area contributed by atoms with E-state index >= 15 is 0 Å². The normalized spacial score (nSPS) is 15.0. The first kappa shape index (κ1) is 20.4. The summed E-state index contributed by atoms with van der Waals surface area (Å²) in [5.74, 6) is -1.64. The third-order valence-corrected chi connectivity index (χ3v) is 4.35. The van der Waals surface area contributed by atoms with Crippen LogP contribution in [0.2, 0.25) is 0 Å². The fourth-order valence-electron chi connectivity index (χ4n) is 2.68. The maximum absolute atomic E-state index is 12.6. The number of nitrogens with zero attached hydrogens (tertiary/aromatic N) is 2. The van der Waals surface area contributed by atoms with E-state index in [9.17, 15) is 14.9 Å². The predicted molar refractivity (Wildman–Crippen MR) is 115 cm³/mol. The molecule has 2 amide bonds. The molecule has 30 heavy (non-hydrogen) atoms. The number of benzene rings is 2. The van der Waals surface area contributed by atoms with E-state index in [0.29, 0.717) is 5.56 Å². The van der Waals surface area contributed by atoms with E-state index in [1.54, 1.807) is 66.7 Å². The number of nitriles is 1. The summed E-state index contributed by atoms with van der Waals surface area (Å²) < 4.78 is 0. The highest BCUT2D eigenvalue weighted by Crippen LogP contribution is 2.23. The van der Waals surface area contributed by atoms with Gasteiger partial charge in [-0.15, -0.1) is 0 Å². The molecule has 1 aliphatic heterocycles. The molecule has 2 aromatic carbocycles. The van der Waals surface area contributed by atoms with Crippen LogP contribution in [0.5, 0.6) is 0 Å². The summed E-state index contributed by atoms with van der Waals surface area (Å²) in [6.45, 7) is 0. The standard InChI is InChI=1S/C21H16N6O2S/c22-12-16-17(23)15(11-13-7-3-1-4-8-13)18(24)27(20(16)29)26-21(30)25-19(28)14-9-5-2-6-10-14/h1-11,24H,23H2,(H2,25,26,28,30)/b15-11-,24-18?. The molecule has 0 atom stereocenters. The average Bonchev–Trinajstić information content (AvgIpc) is 2.76. The van der Waals surface area contributed by atoms with Crippen molar-refractivity contribution in [2.75, 3.05) is 0 Å². The third kappa shape index (κ3) is 4.24. The van der Waals surface area contributed by atoms with Gasteiger partial charge in [0.15, 0.2) is 10.9 Å². The fraction of sp³-hybridized carbons (Fsp3) is 0. The van der Waals surface area contributed by atoms with Gasteiger partial charge in [0.1, 0.15) is 11.6 Å². The van der Waals surface area contributed by atoms with Gasteiger partial charge < -0.3 is 5.73 Å². The van der Waals surface area contributed by atoms with E-state index < -0.39 is 11.8 Å². The number of nitrogens with one attached hydrogen (secondary N) is 3.